The van der Waals surface area contributed by atoms with Gasteiger partial charge in [-0.25, -0.2) is 9.59 Å². The highest BCUT2D eigenvalue weighted by Crippen LogP contribution is 2.09. The standard InChI is InChI=1S/C16H21N3O4/c1-4-9-23-15(20)14(11(2)3)19-16(21)18-13-7-5-12(6-8-13)10-17-22/h4-8,10-11,14,22H,1,9H2,2-3H3,(H2,18,19,21). The van der Waals surface area contributed by atoms with Crippen LogP contribution in [-0.2, 0) is 9.53 Å². The Morgan fingerprint density at radius 1 is 1.35 bits per heavy atom. The Balaban J connectivity index is 2.64. The molecular formula is C16H21N3O4. The third kappa shape index (κ3) is 6.21. The van der Waals surface area contributed by atoms with E-state index in [2.05, 4.69) is 22.4 Å². The fourth-order valence-corrected chi connectivity index (χ4v) is 1.76. The third-order valence-electron chi connectivity index (χ3n) is 2.93. The molecule has 1 aromatic rings. The lowest BCUT2D eigenvalue weighted by Crippen LogP contribution is -2.47. The van der Waals surface area contributed by atoms with E-state index in [-0.39, 0.29) is 12.5 Å². The maximum Gasteiger partial charge on any atom is 0.329 e. The molecule has 1 aromatic carbocycles. The van der Waals surface area contributed by atoms with E-state index in [0.29, 0.717) is 11.3 Å². The Morgan fingerprint density at radius 3 is 2.52 bits per heavy atom. The van der Waals surface area contributed by atoms with Crippen molar-refractivity contribution in [3.05, 3.63) is 42.5 Å². The van der Waals surface area contributed by atoms with Gasteiger partial charge in [0, 0.05) is 5.69 Å². The van der Waals surface area contributed by atoms with Crippen LogP contribution in [0.1, 0.15) is 19.4 Å². The number of carbonyl (C=O) groups is 2. The number of nitrogens with one attached hydrogen (secondary N) is 2. The van der Waals surface area contributed by atoms with Gasteiger partial charge in [0.15, 0.2) is 0 Å². The van der Waals surface area contributed by atoms with E-state index in [1.165, 1.54) is 12.3 Å². The van der Waals surface area contributed by atoms with E-state index in [1.54, 1.807) is 24.3 Å². The van der Waals surface area contributed by atoms with Crippen LogP contribution < -0.4 is 10.6 Å². The average Bonchev–Trinajstić information content (AvgIpc) is 2.52. The van der Waals surface area contributed by atoms with Crippen LogP contribution in [0.3, 0.4) is 0 Å². The number of ether oxygens (including phenoxy) is 1. The van der Waals surface area contributed by atoms with Crippen molar-refractivity contribution in [3.63, 3.8) is 0 Å². The highest BCUT2D eigenvalue weighted by Gasteiger charge is 2.25. The maximum absolute atomic E-state index is 12.0. The van der Waals surface area contributed by atoms with Crippen molar-refractivity contribution in [3.8, 4) is 0 Å². The van der Waals surface area contributed by atoms with Gasteiger partial charge in [-0.15, -0.1) is 0 Å². The van der Waals surface area contributed by atoms with Gasteiger partial charge < -0.3 is 20.6 Å². The minimum absolute atomic E-state index is 0.0965. The molecule has 124 valence electrons. The van der Waals surface area contributed by atoms with E-state index in [9.17, 15) is 9.59 Å². The number of benzene rings is 1. The normalized spacial score (nSPS) is 12.0. The molecule has 0 bridgehead atoms. The van der Waals surface area contributed by atoms with Crippen molar-refractivity contribution < 1.29 is 19.5 Å². The molecule has 1 atom stereocenters. The second-order valence-corrected chi connectivity index (χ2v) is 5.11. The number of urea groups is 1. The van der Waals surface area contributed by atoms with E-state index in [1.807, 2.05) is 13.8 Å². The summed E-state index contributed by atoms with van der Waals surface area (Å²) in [6.45, 7) is 7.19. The van der Waals surface area contributed by atoms with E-state index >= 15 is 0 Å². The second kappa shape index (κ2) is 9.24. The zero-order valence-electron chi connectivity index (χ0n) is 13.2. The number of esters is 1. The molecule has 3 N–H and O–H groups in total. The first-order chi connectivity index (χ1) is 11.0. The first-order valence-corrected chi connectivity index (χ1v) is 7.10. The maximum atomic E-state index is 12.0. The molecule has 0 spiro atoms. The summed E-state index contributed by atoms with van der Waals surface area (Å²) < 4.78 is 4.97. The van der Waals surface area contributed by atoms with Crippen LogP contribution in [0.5, 0.6) is 0 Å². The fourth-order valence-electron chi connectivity index (χ4n) is 1.76. The Hall–Kier alpha value is -2.83. The average molecular weight is 319 g/mol. The lowest BCUT2D eigenvalue weighted by atomic mass is 10.1. The van der Waals surface area contributed by atoms with E-state index in [4.69, 9.17) is 9.94 Å². The minimum atomic E-state index is -0.754. The number of hydrogen-bond acceptors (Lipinski definition) is 5. The zero-order valence-corrected chi connectivity index (χ0v) is 13.2. The van der Waals surface area contributed by atoms with Crippen molar-refractivity contribution >= 4 is 23.9 Å². The van der Waals surface area contributed by atoms with Crippen molar-refractivity contribution in [2.75, 3.05) is 11.9 Å². The molecule has 0 aliphatic heterocycles. The quantitative estimate of drug-likeness (QED) is 0.236. The third-order valence-corrected chi connectivity index (χ3v) is 2.93. The molecule has 0 saturated carbocycles. The predicted octanol–water partition coefficient (Wildman–Crippen LogP) is 2.37. The van der Waals surface area contributed by atoms with E-state index < -0.39 is 18.0 Å². The molecule has 0 aliphatic carbocycles. The first kappa shape index (κ1) is 18.2. The molecule has 1 unspecified atom stereocenters. The zero-order chi connectivity index (χ0) is 17.2. The van der Waals surface area contributed by atoms with Crippen molar-refractivity contribution in [2.45, 2.75) is 19.9 Å². The van der Waals surface area contributed by atoms with Gasteiger partial charge in [-0.2, -0.15) is 0 Å². The molecule has 1 rings (SSSR count). The van der Waals surface area contributed by atoms with Gasteiger partial charge in [0.1, 0.15) is 12.6 Å². The molecular weight excluding hydrogens is 298 g/mol. The molecule has 0 heterocycles. The van der Waals surface area contributed by atoms with Gasteiger partial charge in [-0.1, -0.05) is 43.8 Å². The molecule has 23 heavy (non-hydrogen) atoms. The Morgan fingerprint density at radius 2 is 2.00 bits per heavy atom. The molecule has 0 saturated heterocycles. The van der Waals surface area contributed by atoms with Crippen LogP contribution >= 0.6 is 0 Å². The molecule has 7 heteroatoms. The predicted molar refractivity (Wildman–Crippen MR) is 87.8 cm³/mol. The van der Waals surface area contributed by atoms with Crippen molar-refractivity contribution in [1.82, 2.24) is 5.32 Å². The molecule has 2 amide bonds. The highest BCUT2D eigenvalue weighted by atomic mass is 16.5. The number of amides is 2. The summed E-state index contributed by atoms with van der Waals surface area (Å²) in [6, 6.07) is 5.38. The van der Waals surface area contributed by atoms with Crippen LogP contribution in [0.2, 0.25) is 0 Å². The van der Waals surface area contributed by atoms with Gasteiger partial charge in [0.2, 0.25) is 0 Å². The number of nitrogens with zero attached hydrogens (tertiary/aromatic N) is 1. The highest BCUT2D eigenvalue weighted by molar-refractivity contribution is 5.93. The van der Waals surface area contributed by atoms with Gasteiger partial charge in [0.05, 0.1) is 6.21 Å². The van der Waals surface area contributed by atoms with Crippen LogP contribution in [-0.4, -0.2) is 36.1 Å². The van der Waals surface area contributed by atoms with Crippen LogP contribution in [0.25, 0.3) is 0 Å². The van der Waals surface area contributed by atoms with Crippen LogP contribution in [0.15, 0.2) is 42.1 Å². The van der Waals surface area contributed by atoms with Crippen molar-refractivity contribution in [1.29, 1.82) is 0 Å². The smallest absolute Gasteiger partial charge is 0.329 e. The SMILES string of the molecule is C=CCOC(=O)C(NC(=O)Nc1ccc(C=NO)cc1)C(C)C. The van der Waals surface area contributed by atoms with Gasteiger partial charge in [-0.3, -0.25) is 0 Å². The number of rotatable bonds is 7. The first-order valence-electron chi connectivity index (χ1n) is 7.10. The monoisotopic (exact) mass is 319 g/mol. The van der Waals surface area contributed by atoms with Gasteiger partial charge >= 0.3 is 12.0 Å². The largest absolute Gasteiger partial charge is 0.460 e. The molecule has 0 aliphatic rings. The number of carbonyl (C=O) groups excluding carboxylic acids is 2. The van der Waals surface area contributed by atoms with E-state index in [0.717, 1.165) is 0 Å². The van der Waals surface area contributed by atoms with Crippen molar-refractivity contribution in [2.24, 2.45) is 11.1 Å². The Kier molecular flexibility index (Phi) is 7.32. The fraction of sp³-hybridized carbons (Fsp3) is 0.312. The lowest BCUT2D eigenvalue weighted by molar-refractivity contribution is -0.145. The summed E-state index contributed by atoms with van der Waals surface area (Å²) in [5.41, 5.74) is 1.23. The summed E-state index contributed by atoms with van der Waals surface area (Å²) in [5.74, 6) is -0.634. The summed E-state index contributed by atoms with van der Waals surface area (Å²) in [7, 11) is 0. The summed E-state index contributed by atoms with van der Waals surface area (Å²) in [4.78, 5) is 23.9. The number of hydrogen-bond donors (Lipinski definition) is 3. The molecule has 0 fully saturated rings. The second-order valence-electron chi connectivity index (χ2n) is 5.11. The summed E-state index contributed by atoms with van der Waals surface area (Å²) >= 11 is 0. The summed E-state index contributed by atoms with van der Waals surface area (Å²) in [6.07, 6.45) is 2.74. The molecule has 0 aromatic heterocycles. The summed E-state index contributed by atoms with van der Waals surface area (Å²) in [5, 5.41) is 16.6. The lowest BCUT2D eigenvalue weighted by Gasteiger charge is -2.20. The van der Waals surface area contributed by atoms with Gasteiger partial charge in [-0.05, 0) is 23.6 Å². The minimum Gasteiger partial charge on any atom is -0.460 e. The van der Waals surface area contributed by atoms with Gasteiger partial charge in [0.25, 0.3) is 0 Å². The number of oxime groups is 1. The Labute approximate surface area is 135 Å². The molecule has 0 radical (unpaired) electrons. The number of anilines is 1. The molecule has 7 nitrogen and oxygen atoms in total. The topological polar surface area (TPSA) is 100 Å². The van der Waals surface area contributed by atoms with Crippen LogP contribution in [0, 0.1) is 5.92 Å². The Bertz CT molecular complexity index is 567. The van der Waals surface area contributed by atoms with Crippen LogP contribution in [0.4, 0.5) is 10.5 Å².